The Morgan fingerprint density at radius 1 is 1.05 bits per heavy atom. The lowest BCUT2D eigenvalue weighted by Crippen LogP contribution is -2.34. The van der Waals surface area contributed by atoms with Crippen LogP contribution in [0.5, 0.6) is 0 Å². The SMILES string of the molecule is O=C(NCc1ccc(Br)cc1)NCc1ccc(C(=O)O)o1. The van der Waals surface area contributed by atoms with Crippen molar-refractivity contribution in [3.8, 4) is 0 Å². The van der Waals surface area contributed by atoms with Gasteiger partial charge in [0.05, 0.1) is 6.54 Å². The van der Waals surface area contributed by atoms with E-state index in [1.54, 1.807) is 0 Å². The van der Waals surface area contributed by atoms with Gasteiger partial charge in [0, 0.05) is 11.0 Å². The number of rotatable bonds is 5. The molecule has 0 aliphatic rings. The molecule has 3 N–H and O–H groups in total. The lowest BCUT2D eigenvalue weighted by atomic mass is 10.2. The van der Waals surface area contributed by atoms with Crippen LogP contribution in [0.25, 0.3) is 0 Å². The van der Waals surface area contributed by atoms with Crippen molar-refractivity contribution < 1.29 is 19.1 Å². The smallest absolute Gasteiger partial charge is 0.371 e. The monoisotopic (exact) mass is 352 g/mol. The maximum Gasteiger partial charge on any atom is 0.371 e. The predicted molar refractivity (Wildman–Crippen MR) is 78.9 cm³/mol. The van der Waals surface area contributed by atoms with Crippen molar-refractivity contribution in [1.29, 1.82) is 0 Å². The third-order valence-corrected chi connectivity index (χ3v) is 3.19. The van der Waals surface area contributed by atoms with E-state index < -0.39 is 5.97 Å². The Labute approximate surface area is 129 Å². The third-order valence-electron chi connectivity index (χ3n) is 2.66. The summed E-state index contributed by atoms with van der Waals surface area (Å²) >= 11 is 3.34. The fourth-order valence-electron chi connectivity index (χ4n) is 1.60. The summed E-state index contributed by atoms with van der Waals surface area (Å²) in [4.78, 5) is 22.2. The van der Waals surface area contributed by atoms with Crippen LogP contribution in [-0.4, -0.2) is 17.1 Å². The summed E-state index contributed by atoms with van der Waals surface area (Å²) in [5.74, 6) is -0.908. The van der Waals surface area contributed by atoms with Gasteiger partial charge in [0.1, 0.15) is 5.76 Å². The molecule has 0 aliphatic heterocycles. The number of carboxylic acid groups (broad SMARTS) is 1. The summed E-state index contributed by atoms with van der Waals surface area (Å²) < 4.78 is 6.00. The average Bonchev–Trinajstić information content (AvgIpc) is 2.93. The fraction of sp³-hybridized carbons (Fsp3) is 0.143. The number of benzene rings is 1. The first kappa shape index (κ1) is 15.1. The zero-order valence-electron chi connectivity index (χ0n) is 10.9. The van der Waals surface area contributed by atoms with E-state index >= 15 is 0 Å². The second kappa shape index (κ2) is 6.94. The Balaban J connectivity index is 1.76. The molecule has 21 heavy (non-hydrogen) atoms. The van der Waals surface area contributed by atoms with E-state index in [0.29, 0.717) is 12.3 Å². The molecule has 0 spiro atoms. The fourth-order valence-corrected chi connectivity index (χ4v) is 1.87. The van der Waals surface area contributed by atoms with Crippen molar-refractivity contribution in [2.45, 2.75) is 13.1 Å². The molecular weight excluding hydrogens is 340 g/mol. The van der Waals surface area contributed by atoms with E-state index in [4.69, 9.17) is 9.52 Å². The summed E-state index contributed by atoms with van der Waals surface area (Å²) in [5, 5.41) is 14.0. The maximum atomic E-state index is 11.6. The Bertz CT molecular complexity index is 637. The molecule has 0 saturated carbocycles. The number of carboxylic acids is 1. The highest BCUT2D eigenvalue weighted by Crippen LogP contribution is 2.10. The first-order valence-electron chi connectivity index (χ1n) is 6.13. The zero-order chi connectivity index (χ0) is 15.2. The van der Waals surface area contributed by atoms with Gasteiger partial charge < -0.3 is 20.2 Å². The first-order valence-corrected chi connectivity index (χ1v) is 6.92. The second-order valence-corrected chi connectivity index (χ2v) is 5.15. The third kappa shape index (κ3) is 4.64. The standard InChI is InChI=1S/C14H13BrN2O4/c15-10-3-1-9(2-4-10)7-16-14(20)17-8-11-5-6-12(21-11)13(18)19/h1-6H,7-8H2,(H,18,19)(H2,16,17,20). The number of hydrogen-bond acceptors (Lipinski definition) is 3. The largest absolute Gasteiger partial charge is 0.475 e. The van der Waals surface area contributed by atoms with Crippen molar-refractivity contribution in [2.24, 2.45) is 0 Å². The van der Waals surface area contributed by atoms with Crippen LogP contribution in [0, 0.1) is 0 Å². The Morgan fingerprint density at radius 2 is 1.71 bits per heavy atom. The van der Waals surface area contributed by atoms with Crippen LogP contribution in [0.1, 0.15) is 21.9 Å². The lowest BCUT2D eigenvalue weighted by molar-refractivity contribution is 0.0660. The number of halogens is 1. The molecule has 0 aliphatic carbocycles. The van der Waals surface area contributed by atoms with Gasteiger partial charge in [0.25, 0.3) is 0 Å². The van der Waals surface area contributed by atoms with Gasteiger partial charge in [0.15, 0.2) is 0 Å². The molecule has 0 atom stereocenters. The second-order valence-electron chi connectivity index (χ2n) is 4.23. The molecule has 2 aromatic rings. The summed E-state index contributed by atoms with van der Waals surface area (Å²) in [6.07, 6.45) is 0. The van der Waals surface area contributed by atoms with Crippen LogP contribution in [-0.2, 0) is 13.1 Å². The number of carbonyl (C=O) groups excluding carboxylic acids is 1. The zero-order valence-corrected chi connectivity index (χ0v) is 12.5. The number of nitrogens with one attached hydrogen (secondary N) is 2. The molecule has 7 heteroatoms. The highest BCUT2D eigenvalue weighted by Gasteiger charge is 2.09. The quantitative estimate of drug-likeness (QED) is 0.771. The van der Waals surface area contributed by atoms with Crippen molar-refractivity contribution in [3.05, 3.63) is 58.0 Å². The predicted octanol–water partition coefficient (Wildman–Crippen LogP) is 2.74. The molecule has 0 bridgehead atoms. The van der Waals surface area contributed by atoms with Crippen molar-refractivity contribution in [3.63, 3.8) is 0 Å². The molecule has 2 amide bonds. The molecule has 1 aromatic carbocycles. The minimum Gasteiger partial charge on any atom is -0.475 e. The molecule has 1 aromatic heterocycles. The number of urea groups is 1. The van der Waals surface area contributed by atoms with Crippen molar-refractivity contribution >= 4 is 27.9 Å². The van der Waals surface area contributed by atoms with E-state index in [1.807, 2.05) is 24.3 Å². The van der Waals surface area contributed by atoms with Gasteiger partial charge in [-0.25, -0.2) is 9.59 Å². The minimum atomic E-state index is -1.14. The Hall–Kier alpha value is -2.28. The van der Waals surface area contributed by atoms with Gasteiger partial charge >= 0.3 is 12.0 Å². The summed E-state index contributed by atoms with van der Waals surface area (Å²) in [6, 6.07) is 10.1. The van der Waals surface area contributed by atoms with E-state index in [9.17, 15) is 9.59 Å². The normalized spacial score (nSPS) is 10.1. The molecule has 110 valence electrons. The van der Waals surface area contributed by atoms with E-state index in [2.05, 4.69) is 26.6 Å². The van der Waals surface area contributed by atoms with Gasteiger partial charge in [0.2, 0.25) is 5.76 Å². The number of carbonyl (C=O) groups is 2. The Morgan fingerprint density at radius 3 is 2.33 bits per heavy atom. The van der Waals surface area contributed by atoms with Crippen molar-refractivity contribution in [1.82, 2.24) is 10.6 Å². The van der Waals surface area contributed by atoms with Gasteiger partial charge in [-0.15, -0.1) is 0 Å². The molecule has 0 fully saturated rings. The van der Waals surface area contributed by atoms with Gasteiger partial charge in [-0.05, 0) is 29.8 Å². The number of aromatic carboxylic acids is 1. The topological polar surface area (TPSA) is 91.6 Å². The summed E-state index contributed by atoms with van der Waals surface area (Å²) in [5.41, 5.74) is 0.972. The van der Waals surface area contributed by atoms with Gasteiger partial charge in [-0.1, -0.05) is 28.1 Å². The highest BCUT2D eigenvalue weighted by molar-refractivity contribution is 9.10. The van der Waals surface area contributed by atoms with Crippen LogP contribution in [0.3, 0.4) is 0 Å². The number of amides is 2. The van der Waals surface area contributed by atoms with Crippen LogP contribution in [0.15, 0.2) is 45.3 Å². The molecule has 2 rings (SSSR count). The van der Waals surface area contributed by atoms with Crippen LogP contribution in [0.4, 0.5) is 4.79 Å². The van der Waals surface area contributed by atoms with Crippen LogP contribution >= 0.6 is 15.9 Å². The summed E-state index contributed by atoms with van der Waals surface area (Å²) in [7, 11) is 0. The summed E-state index contributed by atoms with van der Waals surface area (Å²) in [6.45, 7) is 0.525. The first-order chi connectivity index (χ1) is 10.0. The lowest BCUT2D eigenvalue weighted by Gasteiger charge is -2.06. The molecule has 1 heterocycles. The van der Waals surface area contributed by atoms with E-state index in [1.165, 1.54) is 12.1 Å². The highest BCUT2D eigenvalue weighted by atomic mass is 79.9. The molecular formula is C14H13BrN2O4. The van der Waals surface area contributed by atoms with Crippen molar-refractivity contribution in [2.75, 3.05) is 0 Å². The Kier molecular flexibility index (Phi) is 4.99. The van der Waals surface area contributed by atoms with Gasteiger partial charge in [-0.3, -0.25) is 0 Å². The minimum absolute atomic E-state index is 0.124. The van der Waals surface area contributed by atoms with Crippen LogP contribution < -0.4 is 10.6 Å². The molecule has 0 saturated heterocycles. The number of hydrogen-bond donors (Lipinski definition) is 3. The maximum absolute atomic E-state index is 11.6. The number of furan rings is 1. The van der Waals surface area contributed by atoms with E-state index in [-0.39, 0.29) is 18.3 Å². The van der Waals surface area contributed by atoms with Gasteiger partial charge in [-0.2, -0.15) is 0 Å². The average molecular weight is 353 g/mol. The van der Waals surface area contributed by atoms with E-state index in [0.717, 1.165) is 10.0 Å². The van der Waals surface area contributed by atoms with Crippen LogP contribution in [0.2, 0.25) is 0 Å². The molecule has 6 nitrogen and oxygen atoms in total. The molecule has 0 unspecified atom stereocenters. The molecule has 0 radical (unpaired) electrons.